The number of carbonyl (C=O) groups is 1. The van der Waals surface area contributed by atoms with Gasteiger partial charge >= 0.3 is 0 Å². The molecule has 0 fully saturated rings. The van der Waals surface area contributed by atoms with E-state index in [2.05, 4.69) is 6.07 Å². The van der Waals surface area contributed by atoms with Crippen molar-refractivity contribution in [2.45, 2.75) is 25.2 Å². The smallest absolute Gasteiger partial charge is 0.161 e. The van der Waals surface area contributed by atoms with E-state index >= 15 is 0 Å². The predicted molar refractivity (Wildman–Crippen MR) is 112 cm³/mol. The number of nitrogens with two attached hydrogens (primary N) is 1. The molecule has 2 aliphatic rings. The number of hydrogen-bond acceptors (Lipinski definition) is 7. The van der Waals surface area contributed by atoms with Crippen LogP contribution >= 0.6 is 11.3 Å². The van der Waals surface area contributed by atoms with E-state index in [-0.39, 0.29) is 5.78 Å². The van der Waals surface area contributed by atoms with Gasteiger partial charge in [-0.2, -0.15) is 16.6 Å². The second kappa shape index (κ2) is 7.64. The molecular formula is C22H21N3O3S. The molecule has 1 aliphatic carbocycles. The fraction of sp³-hybridized carbons (Fsp3) is 0.273. The Kier molecular flexibility index (Phi) is 5.03. The van der Waals surface area contributed by atoms with Crippen molar-refractivity contribution in [2.75, 3.05) is 19.1 Å². The number of rotatable bonds is 4. The van der Waals surface area contributed by atoms with Crippen LogP contribution in [-0.4, -0.2) is 20.0 Å². The maximum Gasteiger partial charge on any atom is 0.161 e. The average molecular weight is 407 g/mol. The van der Waals surface area contributed by atoms with Crippen molar-refractivity contribution in [3.05, 3.63) is 63.3 Å². The monoisotopic (exact) mass is 407 g/mol. The van der Waals surface area contributed by atoms with Crippen LogP contribution in [0.3, 0.4) is 0 Å². The molecule has 0 saturated heterocycles. The lowest BCUT2D eigenvalue weighted by molar-refractivity contribution is -0.116. The molecule has 1 atom stereocenters. The van der Waals surface area contributed by atoms with Gasteiger partial charge in [-0.3, -0.25) is 9.69 Å². The second-order valence-electron chi connectivity index (χ2n) is 6.91. The van der Waals surface area contributed by atoms with Crippen molar-refractivity contribution in [3.8, 4) is 17.6 Å². The van der Waals surface area contributed by atoms with Crippen LogP contribution in [0.2, 0.25) is 0 Å². The van der Waals surface area contributed by atoms with Crippen LogP contribution in [0.4, 0.5) is 5.69 Å². The van der Waals surface area contributed by atoms with E-state index in [4.69, 9.17) is 15.2 Å². The van der Waals surface area contributed by atoms with Crippen LogP contribution in [-0.2, 0) is 4.79 Å². The third-order valence-electron chi connectivity index (χ3n) is 5.42. The summed E-state index contributed by atoms with van der Waals surface area (Å²) in [5.74, 6) is 1.19. The fourth-order valence-corrected chi connectivity index (χ4v) is 4.79. The molecule has 1 aliphatic heterocycles. The number of ketones is 1. The molecule has 0 amide bonds. The van der Waals surface area contributed by atoms with Gasteiger partial charge in [-0.05, 0) is 47.4 Å². The molecule has 0 radical (unpaired) electrons. The molecule has 6 nitrogen and oxygen atoms in total. The lowest BCUT2D eigenvalue weighted by Gasteiger charge is -2.39. The highest BCUT2D eigenvalue weighted by Crippen LogP contribution is 2.48. The number of ether oxygens (including phenoxy) is 2. The van der Waals surface area contributed by atoms with Crippen molar-refractivity contribution in [1.29, 1.82) is 5.26 Å². The molecule has 0 bridgehead atoms. The Balaban J connectivity index is 1.97. The van der Waals surface area contributed by atoms with E-state index in [0.29, 0.717) is 47.0 Å². The van der Waals surface area contributed by atoms with E-state index in [1.807, 2.05) is 33.9 Å². The third-order valence-corrected chi connectivity index (χ3v) is 6.12. The Labute approximate surface area is 173 Å². The topological polar surface area (TPSA) is 88.6 Å². The number of benzene rings is 1. The number of anilines is 1. The SMILES string of the molecule is COc1ccc(N2C(N)=C(C#N)[C@@H](c3ccsc3)C3=C2CCCC3=O)c(OC)c1. The summed E-state index contributed by atoms with van der Waals surface area (Å²) in [6, 6.07) is 9.65. The number of carbonyl (C=O) groups excluding carboxylic acids is 1. The number of thiophene rings is 1. The van der Waals surface area contributed by atoms with Gasteiger partial charge in [0.15, 0.2) is 5.78 Å². The van der Waals surface area contributed by atoms with Crippen LogP contribution in [0.5, 0.6) is 11.5 Å². The third kappa shape index (κ3) is 3.06. The molecule has 4 rings (SSSR count). The number of hydrogen-bond donors (Lipinski definition) is 1. The van der Waals surface area contributed by atoms with E-state index in [0.717, 1.165) is 17.7 Å². The van der Waals surface area contributed by atoms with Crippen molar-refractivity contribution >= 4 is 22.8 Å². The zero-order chi connectivity index (χ0) is 20.5. The van der Waals surface area contributed by atoms with Crippen molar-refractivity contribution in [1.82, 2.24) is 0 Å². The summed E-state index contributed by atoms with van der Waals surface area (Å²) in [6.45, 7) is 0. The fourth-order valence-electron chi connectivity index (χ4n) is 4.10. The molecule has 1 aromatic heterocycles. The maximum atomic E-state index is 13.0. The van der Waals surface area contributed by atoms with Gasteiger partial charge in [-0.1, -0.05) is 0 Å². The van der Waals surface area contributed by atoms with Gasteiger partial charge in [0.05, 0.1) is 37.5 Å². The Hall–Kier alpha value is -3.24. The van der Waals surface area contributed by atoms with Crippen molar-refractivity contribution in [3.63, 3.8) is 0 Å². The molecular weight excluding hydrogens is 386 g/mol. The molecule has 29 heavy (non-hydrogen) atoms. The number of nitriles is 1. The minimum atomic E-state index is -0.422. The van der Waals surface area contributed by atoms with Crippen LogP contribution in [0.15, 0.2) is 57.7 Å². The minimum Gasteiger partial charge on any atom is -0.497 e. The first-order chi connectivity index (χ1) is 14.1. The summed E-state index contributed by atoms with van der Waals surface area (Å²) in [5.41, 5.74) is 10.1. The van der Waals surface area contributed by atoms with Gasteiger partial charge in [0, 0.05) is 23.8 Å². The molecule has 1 aromatic carbocycles. The Morgan fingerprint density at radius 3 is 2.72 bits per heavy atom. The van der Waals surface area contributed by atoms with Crippen LogP contribution in [0, 0.1) is 11.3 Å². The number of nitrogens with zero attached hydrogens (tertiary/aromatic N) is 2. The first-order valence-electron chi connectivity index (χ1n) is 9.31. The Morgan fingerprint density at radius 1 is 1.24 bits per heavy atom. The summed E-state index contributed by atoms with van der Waals surface area (Å²) in [5, 5.41) is 13.9. The van der Waals surface area contributed by atoms with E-state index in [9.17, 15) is 10.1 Å². The molecule has 7 heteroatoms. The standard InChI is InChI=1S/C22H21N3O3S/c1-27-14-6-7-16(19(10-14)28-2)25-17-4-3-5-18(26)21(17)20(13-8-9-29-12-13)15(11-23)22(25)24/h6-10,12,20H,3-5,24H2,1-2H3/t20-/m1/s1. The average Bonchev–Trinajstić information content (AvgIpc) is 3.27. The van der Waals surface area contributed by atoms with Crippen LogP contribution in [0.1, 0.15) is 30.7 Å². The van der Waals surface area contributed by atoms with Gasteiger partial charge in [-0.15, -0.1) is 0 Å². The summed E-state index contributed by atoms with van der Waals surface area (Å²) in [7, 11) is 3.16. The van der Waals surface area contributed by atoms with E-state index in [1.54, 1.807) is 31.6 Å². The highest BCUT2D eigenvalue weighted by Gasteiger charge is 2.41. The maximum absolute atomic E-state index is 13.0. The molecule has 148 valence electrons. The normalized spacial score (nSPS) is 19.1. The second-order valence-corrected chi connectivity index (χ2v) is 7.69. The van der Waals surface area contributed by atoms with E-state index < -0.39 is 5.92 Å². The quantitative estimate of drug-likeness (QED) is 0.822. The summed E-state index contributed by atoms with van der Waals surface area (Å²) >= 11 is 1.54. The summed E-state index contributed by atoms with van der Waals surface area (Å²) in [6.07, 6.45) is 1.93. The van der Waals surface area contributed by atoms with Crippen molar-refractivity contribution in [2.24, 2.45) is 5.73 Å². The zero-order valence-corrected chi connectivity index (χ0v) is 17.1. The first-order valence-corrected chi connectivity index (χ1v) is 10.2. The largest absolute Gasteiger partial charge is 0.497 e. The Bertz CT molecular complexity index is 1060. The van der Waals surface area contributed by atoms with Gasteiger partial charge in [0.1, 0.15) is 17.3 Å². The number of methoxy groups -OCH3 is 2. The molecule has 2 N–H and O–H groups in total. The highest BCUT2D eigenvalue weighted by molar-refractivity contribution is 7.08. The molecule has 0 saturated carbocycles. The van der Waals surface area contributed by atoms with E-state index in [1.165, 1.54) is 0 Å². The molecule has 2 aromatic rings. The van der Waals surface area contributed by atoms with Crippen LogP contribution < -0.4 is 20.1 Å². The summed E-state index contributed by atoms with van der Waals surface area (Å²) < 4.78 is 10.9. The highest BCUT2D eigenvalue weighted by atomic mass is 32.1. The number of Topliss-reactive ketones (excluding diaryl/α,β-unsaturated/α-hetero) is 1. The van der Waals surface area contributed by atoms with Crippen LogP contribution in [0.25, 0.3) is 0 Å². The first kappa shape index (κ1) is 19.1. The lowest BCUT2D eigenvalue weighted by atomic mass is 9.76. The molecule has 0 spiro atoms. The minimum absolute atomic E-state index is 0.0696. The predicted octanol–water partition coefficient (Wildman–Crippen LogP) is 4.07. The van der Waals surface area contributed by atoms with Crippen molar-refractivity contribution < 1.29 is 14.3 Å². The van der Waals surface area contributed by atoms with Gasteiger partial charge < -0.3 is 15.2 Å². The Morgan fingerprint density at radius 2 is 2.07 bits per heavy atom. The van der Waals surface area contributed by atoms with Gasteiger partial charge in [0.25, 0.3) is 0 Å². The molecule has 0 unspecified atom stereocenters. The van der Waals surface area contributed by atoms with Gasteiger partial charge in [0.2, 0.25) is 0 Å². The molecule has 2 heterocycles. The van der Waals surface area contributed by atoms with Gasteiger partial charge in [-0.25, -0.2) is 0 Å². The zero-order valence-electron chi connectivity index (χ0n) is 16.3. The number of allylic oxidation sites excluding steroid dienone is 3. The summed E-state index contributed by atoms with van der Waals surface area (Å²) in [4.78, 5) is 14.8. The lowest BCUT2D eigenvalue weighted by Crippen LogP contribution is -2.38.